The van der Waals surface area contributed by atoms with Crippen molar-refractivity contribution in [3.8, 4) is 6.07 Å². The van der Waals surface area contributed by atoms with Crippen LogP contribution >= 0.6 is 0 Å². The summed E-state index contributed by atoms with van der Waals surface area (Å²) in [5.41, 5.74) is 0.398. The molecule has 3 nitrogen and oxygen atoms in total. The lowest BCUT2D eigenvalue weighted by Crippen LogP contribution is -1.90. The van der Waals surface area contributed by atoms with E-state index in [-0.39, 0.29) is 6.61 Å². The lowest BCUT2D eigenvalue weighted by atomic mass is 10.3. The Morgan fingerprint density at radius 2 is 2.62 bits per heavy atom. The maximum Gasteiger partial charge on any atom is 0.332 e. The van der Waals surface area contributed by atoms with Crippen LogP contribution in [-0.4, -0.2) is 12.6 Å². The number of hydrogen-bond donors (Lipinski definition) is 0. The second-order valence-electron chi connectivity index (χ2n) is 1.39. The SMILES string of the molecule is N#CC1=CC(=O)OC1. The monoisotopic (exact) mass is 109 g/mol. The minimum atomic E-state index is -0.415. The number of carbonyl (C=O) groups is 1. The molecule has 3 heteroatoms. The second-order valence-corrected chi connectivity index (χ2v) is 1.39. The molecule has 0 amide bonds. The third-order valence-electron chi connectivity index (χ3n) is 0.806. The Morgan fingerprint density at radius 1 is 1.88 bits per heavy atom. The Bertz CT molecular complexity index is 187. The van der Waals surface area contributed by atoms with Gasteiger partial charge in [-0.05, 0) is 0 Å². The zero-order valence-corrected chi connectivity index (χ0v) is 4.05. The summed E-state index contributed by atoms with van der Waals surface area (Å²) in [6.45, 7) is 0.148. The topological polar surface area (TPSA) is 50.1 Å². The summed E-state index contributed by atoms with van der Waals surface area (Å²) in [5.74, 6) is -0.415. The van der Waals surface area contributed by atoms with Gasteiger partial charge < -0.3 is 4.74 Å². The molecule has 0 aromatic carbocycles. The van der Waals surface area contributed by atoms with Crippen molar-refractivity contribution < 1.29 is 9.53 Å². The first-order valence-electron chi connectivity index (χ1n) is 2.10. The van der Waals surface area contributed by atoms with E-state index in [1.165, 1.54) is 6.08 Å². The summed E-state index contributed by atoms with van der Waals surface area (Å²) < 4.78 is 4.40. The minimum absolute atomic E-state index is 0.148. The molecule has 0 aliphatic carbocycles. The minimum Gasteiger partial charge on any atom is -0.457 e. The van der Waals surface area contributed by atoms with Gasteiger partial charge >= 0.3 is 5.97 Å². The van der Waals surface area contributed by atoms with Crippen molar-refractivity contribution in [3.63, 3.8) is 0 Å². The highest BCUT2D eigenvalue weighted by Gasteiger charge is 2.10. The summed E-state index contributed by atoms with van der Waals surface area (Å²) in [6.07, 6.45) is 1.19. The Morgan fingerprint density at radius 3 is 2.88 bits per heavy atom. The highest BCUT2D eigenvalue weighted by molar-refractivity contribution is 5.86. The fourth-order valence-electron chi connectivity index (χ4n) is 0.439. The van der Waals surface area contributed by atoms with Gasteiger partial charge in [-0.2, -0.15) is 5.26 Å². The molecule has 0 radical (unpaired) electrons. The van der Waals surface area contributed by atoms with E-state index >= 15 is 0 Å². The third-order valence-corrected chi connectivity index (χ3v) is 0.806. The van der Waals surface area contributed by atoms with Crippen LogP contribution in [0.3, 0.4) is 0 Å². The maximum absolute atomic E-state index is 10.2. The number of hydrogen-bond acceptors (Lipinski definition) is 3. The predicted octanol–water partition coefficient (Wildman–Crippen LogP) is -0.00682. The van der Waals surface area contributed by atoms with E-state index in [4.69, 9.17) is 5.26 Å². The van der Waals surface area contributed by atoms with Crippen LogP contribution in [0, 0.1) is 11.3 Å². The van der Waals surface area contributed by atoms with Crippen molar-refractivity contribution in [2.24, 2.45) is 0 Å². The van der Waals surface area contributed by atoms with Crippen molar-refractivity contribution in [1.29, 1.82) is 5.26 Å². The molecule has 8 heavy (non-hydrogen) atoms. The molecule has 0 spiro atoms. The van der Waals surface area contributed by atoms with Gasteiger partial charge in [0, 0.05) is 6.08 Å². The van der Waals surface area contributed by atoms with E-state index in [0.29, 0.717) is 5.57 Å². The molecule has 40 valence electrons. The Hall–Kier alpha value is -1.30. The molecule has 0 N–H and O–H groups in total. The molecule has 0 saturated heterocycles. The van der Waals surface area contributed by atoms with Crippen molar-refractivity contribution >= 4 is 5.97 Å². The third kappa shape index (κ3) is 0.684. The largest absolute Gasteiger partial charge is 0.457 e. The van der Waals surface area contributed by atoms with Crippen LogP contribution in [-0.2, 0) is 9.53 Å². The second kappa shape index (κ2) is 1.66. The fraction of sp³-hybridized carbons (Fsp3) is 0.200. The Balaban J connectivity index is 2.75. The van der Waals surface area contributed by atoms with Crippen LogP contribution in [0.2, 0.25) is 0 Å². The van der Waals surface area contributed by atoms with E-state index < -0.39 is 5.97 Å². The molecule has 0 aromatic heterocycles. The number of nitriles is 1. The van der Waals surface area contributed by atoms with Gasteiger partial charge in [0.25, 0.3) is 0 Å². The highest BCUT2D eigenvalue weighted by Crippen LogP contribution is 2.02. The van der Waals surface area contributed by atoms with Gasteiger partial charge in [-0.15, -0.1) is 0 Å². The number of esters is 1. The maximum atomic E-state index is 10.2. The number of ether oxygens (including phenoxy) is 1. The molecular weight excluding hydrogens is 106 g/mol. The van der Waals surface area contributed by atoms with Crippen LogP contribution in [0.15, 0.2) is 11.6 Å². The van der Waals surface area contributed by atoms with E-state index in [1.807, 2.05) is 6.07 Å². The quantitative estimate of drug-likeness (QED) is 0.411. The lowest BCUT2D eigenvalue weighted by molar-refractivity contribution is -0.134. The van der Waals surface area contributed by atoms with Crippen molar-refractivity contribution in [1.82, 2.24) is 0 Å². The molecule has 1 rings (SSSR count). The summed E-state index contributed by atoms with van der Waals surface area (Å²) in [6, 6.07) is 1.81. The zero-order chi connectivity index (χ0) is 5.98. The molecule has 0 fully saturated rings. The first kappa shape index (κ1) is 4.85. The van der Waals surface area contributed by atoms with Gasteiger partial charge in [0.2, 0.25) is 0 Å². The average molecular weight is 109 g/mol. The molecule has 1 aliphatic rings. The van der Waals surface area contributed by atoms with Gasteiger partial charge in [-0.25, -0.2) is 4.79 Å². The average Bonchev–Trinajstić information content (AvgIpc) is 2.14. The normalized spacial score (nSPS) is 16.9. The Labute approximate surface area is 46.2 Å². The molecule has 0 aromatic rings. The van der Waals surface area contributed by atoms with Crippen LogP contribution in [0.1, 0.15) is 0 Å². The molecule has 0 atom stereocenters. The summed E-state index contributed by atoms with van der Waals surface area (Å²) in [7, 11) is 0. The number of cyclic esters (lactones) is 1. The van der Waals surface area contributed by atoms with Crippen LogP contribution < -0.4 is 0 Å². The lowest BCUT2D eigenvalue weighted by Gasteiger charge is -1.83. The van der Waals surface area contributed by atoms with Gasteiger partial charge in [-0.1, -0.05) is 0 Å². The van der Waals surface area contributed by atoms with E-state index in [9.17, 15) is 4.79 Å². The number of carbonyl (C=O) groups excluding carboxylic acids is 1. The van der Waals surface area contributed by atoms with Crippen LogP contribution in [0.4, 0.5) is 0 Å². The molecular formula is C5H3NO2. The summed E-state index contributed by atoms with van der Waals surface area (Å²) >= 11 is 0. The molecule has 0 saturated carbocycles. The van der Waals surface area contributed by atoms with Gasteiger partial charge in [0.15, 0.2) is 0 Å². The van der Waals surface area contributed by atoms with Crippen molar-refractivity contribution in [2.45, 2.75) is 0 Å². The summed E-state index contributed by atoms with van der Waals surface area (Å²) in [4.78, 5) is 10.2. The van der Waals surface area contributed by atoms with E-state index in [0.717, 1.165) is 0 Å². The van der Waals surface area contributed by atoms with Gasteiger partial charge in [-0.3, -0.25) is 0 Å². The smallest absolute Gasteiger partial charge is 0.332 e. The van der Waals surface area contributed by atoms with Crippen molar-refractivity contribution in [2.75, 3.05) is 6.61 Å². The first-order chi connectivity index (χ1) is 3.83. The van der Waals surface area contributed by atoms with E-state index in [2.05, 4.69) is 4.74 Å². The van der Waals surface area contributed by atoms with Crippen molar-refractivity contribution in [3.05, 3.63) is 11.6 Å². The van der Waals surface area contributed by atoms with E-state index in [1.54, 1.807) is 0 Å². The molecule has 0 bridgehead atoms. The van der Waals surface area contributed by atoms with Gasteiger partial charge in [0.1, 0.15) is 6.61 Å². The molecule has 0 unspecified atom stereocenters. The first-order valence-corrected chi connectivity index (χ1v) is 2.10. The van der Waals surface area contributed by atoms with Gasteiger partial charge in [0.05, 0.1) is 11.6 Å². The highest BCUT2D eigenvalue weighted by atomic mass is 16.5. The standard InChI is InChI=1S/C5H3NO2/c6-2-4-1-5(7)8-3-4/h1H,3H2. The molecule has 1 heterocycles. The number of nitrogens with zero attached hydrogens (tertiary/aromatic N) is 1. The Kier molecular flexibility index (Phi) is 1.01. The predicted molar refractivity (Wildman–Crippen MR) is 24.7 cm³/mol. The van der Waals surface area contributed by atoms with Crippen LogP contribution in [0.25, 0.3) is 0 Å². The van der Waals surface area contributed by atoms with Crippen LogP contribution in [0.5, 0.6) is 0 Å². The molecule has 1 aliphatic heterocycles. The zero-order valence-electron chi connectivity index (χ0n) is 4.05. The fourth-order valence-corrected chi connectivity index (χ4v) is 0.439. The number of rotatable bonds is 0. The summed E-state index contributed by atoms with van der Waals surface area (Å²) in [5, 5.41) is 8.13.